The highest BCUT2D eigenvalue weighted by atomic mass is 16.4. The number of rotatable bonds is 1. The van der Waals surface area contributed by atoms with Crippen molar-refractivity contribution in [3.63, 3.8) is 0 Å². The summed E-state index contributed by atoms with van der Waals surface area (Å²) in [6.07, 6.45) is 0. The third-order valence-electron chi connectivity index (χ3n) is 2.28. The standard InChI is InChI=1S/C13H9NO2/c1-9-2-4-10(5-3-9)12-7-6-11(8-14)13(15)16-12/h2-7H,1H3. The van der Waals surface area contributed by atoms with Crippen molar-refractivity contribution in [2.75, 3.05) is 0 Å². The van der Waals surface area contributed by atoms with Gasteiger partial charge in [-0.05, 0) is 19.1 Å². The molecule has 3 heteroatoms. The van der Waals surface area contributed by atoms with E-state index in [2.05, 4.69) is 0 Å². The molecule has 0 amide bonds. The number of hydrogen-bond donors (Lipinski definition) is 0. The van der Waals surface area contributed by atoms with E-state index >= 15 is 0 Å². The molecule has 0 aliphatic heterocycles. The molecule has 0 fully saturated rings. The second-order valence-electron chi connectivity index (χ2n) is 3.48. The van der Waals surface area contributed by atoms with Crippen LogP contribution in [0, 0.1) is 18.3 Å². The summed E-state index contributed by atoms with van der Waals surface area (Å²) in [5, 5.41) is 8.61. The third-order valence-corrected chi connectivity index (χ3v) is 2.28. The van der Waals surface area contributed by atoms with Gasteiger partial charge in [0.15, 0.2) is 0 Å². The quantitative estimate of drug-likeness (QED) is 0.728. The van der Waals surface area contributed by atoms with Crippen LogP contribution in [-0.2, 0) is 0 Å². The lowest BCUT2D eigenvalue weighted by Crippen LogP contribution is -2.03. The zero-order valence-corrected chi connectivity index (χ0v) is 8.73. The smallest absolute Gasteiger partial charge is 0.354 e. The van der Waals surface area contributed by atoms with Gasteiger partial charge in [0, 0.05) is 5.56 Å². The van der Waals surface area contributed by atoms with Gasteiger partial charge in [-0.15, -0.1) is 0 Å². The van der Waals surface area contributed by atoms with Gasteiger partial charge in [-0.3, -0.25) is 0 Å². The van der Waals surface area contributed by atoms with Crippen LogP contribution in [0.25, 0.3) is 11.3 Å². The molecular weight excluding hydrogens is 202 g/mol. The summed E-state index contributed by atoms with van der Waals surface area (Å²) in [5.41, 5.74) is 1.39. The average Bonchev–Trinajstić information content (AvgIpc) is 2.30. The van der Waals surface area contributed by atoms with Crippen molar-refractivity contribution >= 4 is 0 Å². The van der Waals surface area contributed by atoms with Crippen LogP contribution in [-0.4, -0.2) is 0 Å². The number of benzene rings is 1. The first-order valence-electron chi connectivity index (χ1n) is 4.82. The Morgan fingerprint density at radius 1 is 1.12 bits per heavy atom. The summed E-state index contributed by atoms with van der Waals surface area (Å²) < 4.78 is 5.05. The maximum Gasteiger partial charge on any atom is 0.354 e. The molecule has 0 spiro atoms. The Labute approximate surface area is 92.6 Å². The van der Waals surface area contributed by atoms with Crippen molar-refractivity contribution in [1.82, 2.24) is 0 Å². The summed E-state index contributed by atoms with van der Waals surface area (Å²) >= 11 is 0. The Morgan fingerprint density at radius 3 is 2.38 bits per heavy atom. The van der Waals surface area contributed by atoms with E-state index in [1.165, 1.54) is 6.07 Å². The second-order valence-corrected chi connectivity index (χ2v) is 3.48. The molecular formula is C13H9NO2. The van der Waals surface area contributed by atoms with E-state index in [4.69, 9.17) is 9.68 Å². The van der Waals surface area contributed by atoms with Crippen LogP contribution in [0.5, 0.6) is 0 Å². The number of hydrogen-bond acceptors (Lipinski definition) is 3. The molecule has 0 N–H and O–H groups in total. The van der Waals surface area contributed by atoms with Gasteiger partial charge in [0.25, 0.3) is 0 Å². The van der Waals surface area contributed by atoms with Gasteiger partial charge in [0.2, 0.25) is 0 Å². The van der Waals surface area contributed by atoms with Crippen molar-refractivity contribution in [3.8, 4) is 17.4 Å². The first-order valence-corrected chi connectivity index (χ1v) is 4.82. The largest absolute Gasteiger partial charge is 0.422 e. The Morgan fingerprint density at radius 2 is 1.81 bits per heavy atom. The Hall–Kier alpha value is -2.34. The van der Waals surface area contributed by atoms with Crippen LogP contribution in [0.15, 0.2) is 45.6 Å². The summed E-state index contributed by atoms with van der Waals surface area (Å²) in [4.78, 5) is 11.3. The molecule has 1 heterocycles. The fraction of sp³-hybridized carbons (Fsp3) is 0.0769. The molecule has 0 unspecified atom stereocenters. The Bertz CT molecular complexity index is 603. The van der Waals surface area contributed by atoms with Crippen molar-refractivity contribution in [3.05, 3.63) is 57.9 Å². The van der Waals surface area contributed by atoms with Crippen molar-refractivity contribution in [2.24, 2.45) is 0 Å². The molecule has 0 aliphatic carbocycles. The topological polar surface area (TPSA) is 54.0 Å². The second kappa shape index (κ2) is 4.03. The molecule has 1 aromatic carbocycles. The zero-order valence-electron chi connectivity index (χ0n) is 8.73. The van der Waals surface area contributed by atoms with E-state index < -0.39 is 5.63 Å². The van der Waals surface area contributed by atoms with E-state index in [0.29, 0.717) is 5.76 Å². The Kier molecular flexibility index (Phi) is 2.57. The van der Waals surface area contributed by atoms with E-state index in [9.17, 15) is 4.79 Å². The minimum Gasteiger partial charge on any atom is -0.422 e. The van der Waals surface area contributed by atoms with Gasteiger partial charge in [-0.2, -0.15) is 5.26 Å². The predicted molar refractivity (Wildman–Crippen MR) is 59.9 cm³/mol. The molecule has 0 atom stereocenters. The van der Waals surface area contributed by atoms with Crippen molar-refractivity contribution < 1.29 is 4.42 Å². The van der Waals surface area contributed by atoms with Crippen LogP contribution in [0.2, 0.25) is 0 Å². The molecule has 3 nitrogen and oxygen atoms in total. The lowest BCUT2D eigenvalue weighted by Gasteiger charge is -2.00. The zero-order chi connectivity index (χ0) is 11.5. The maximum absolute atomic E-state index is 11.3. The first-order chi connectivity index (χ1) is 7.70. The Balaban J connectivity index is 2.50. The molecule has 16 heavy (non-hydrogen) atoms. The number of nitrogens with zero attached hydrogens (tertiary/aromatic N) is 1. The highest BCUT2D eigenvalue weighted by Crippen LogP contribution is 2.18. The summed E-state index contributed by atoms with van der Waals surface area (Å²) in [6, 6.07) is 12.5. The molecule has 0 radical (unpaired) electrons. The normalized spacial score (nSPS) is 9.75. The van der Waals surface area contributed by atoms with Crippen LogP contribution < -0.4 is 5.63 Å². The van der Waals surface area contributed by atoms with E-state index in [0.717, 1.165) is 11.1 Å². The fourth-order valence-electron chi connectivity index (χ4n) is 1.37. The van der Waals surface area contributed by atoms with Crippen molar-refractivity contribution in [1.29, 1.82) is 5.26 Å². The molecule has 0 saturated heterocycles. The maximum atomic E-state index is 11.3. The summed E-state index contributed by atoms with van der Waals surface area (Å²) in [6.45, 7) is 1.98. The highest BCUT2D eigenvalue weighted by Gasteiger charge is 2.04. The van der Waals surface area contributed by atoms with Gasteiger partial charge in [0.1, 0.15) is 17.4 Å². The molecule has 2 rings (SSSR count). The van der Waals surface area contributed by atoms with Crippen LogP contribution in [0.3, 0.4) is 0 Å². The van der Waals surface area contributed by atoms with E-state index in [-0.39, 0.29) is 5.56 Å². The first kappa shape index (κ1) is 10.2. The van der Waals surface area contributed by atoms with Gasteiger partial charge in [-0.25, -0.2) is 4.79 Å². The lowest BCUT2D eigenvalue weighted by molar-refractivity contribution is 0.523. The van der Waals surface area contributed by atoms with Crippen LogP contribution in [0.4, 0.5) is 0 Å². The fourth-order valence-corrected chi connectivity index (χ4v) is 1.37. The van der Waals surface area contributed by atoms with Crippen LogP contribution >= 0.6 is 0 Å². The predicted octanol–water partition coefficient (Wildman–Crippen LogP) is 2.49. The highest BCUT2D eigenvalue weighted by molar-refractivity contribution is 5.57. The minimum absolute atomic E-state index is 0.0239. The lowest BCUT2D eigenvalue weighted by atomic mass is 10.1. The monoisotopic (exact) mass is 211 g/mol. The van der Waals surface area contributed by atoms with Crippen molar-refractivity contribution in [2.45, 2.75) is 6.92 Å². The summed E-state index contributed by atoms with van der Waals surface area (Å²) in [5.74, 6) is 0.476. The molecule has 0 bridgehead atoms. The van der Waals surface area contributed by atoms with Gasteiger partial charge >= 0.3 is 5.63 Å². The minimum atomic E-state index is -0.597. The van der Waals surface area contributed by atoms with Gasteiger partial charge in [0.05, 0.1) is 0 Å². The number of aryl methyl sites for hydroxylation is 1. The molecule has 0 saturated carbocycles. The van der Waals surface area contributed by atoms with E-state index in [1.54, 1.807) is 12.1 Å². The molecule has 78 valence electrons. The van der Waals surface area contributed by atoms with Gasteiger partial charge < -0.3 is 4.42 Å². The number of nitriles is 1. The van der Waals surface area contributed by atoms with Gasteiger partial charge in [-0.1, -0.05) is 29.8 Å². The molecule has 0 aliphatic rings. The SMILES string of the molecule is Cc1ccc(-c2ccc(C#N)c(=O)o2)cc1. The molecule has 1 aromatic heterocycles. The van der Waals surface area contributed by atoms with Crippen LogP contribution in [0.1, 0.15) is 11.1 Å². The van der Waals surface area contributed by atoms with E-state index in [1.807, 2.05) is 31.2 Å². The molecule has 2 aromatic rings. The average molecular weight is 211 g/mol. The third kappa shape index (κ3) is 1.86. The summed E-state index contributed by atoms with van der Waals surface area (Å²) in [7, 11) is 0.